The van der Waals surface area contributed by atoms with Crippen LogP contribution in [0.15, 0.2) is 42.5 Å². The number of benzene rings is 2. The van der Waals surface area contributed by atoms with Gasteiger partial charge in [0.15, 0.2) is 18.1 Å². The summed E-state index contributed by atoms with van der Waals surface area (Å²) in [4.78, 5) is 23.9. The highest BCUT2D eigenvalue weighted by atomic mass is 35.5. The van der Waals surface area contributed by atoms with Crippen LogP contribution in [0, 0.1) is 0 Å². The molecule has 132 valence electrons. The summed E-state index contributed by atoms with van der Waals surface area (Å²) in [6.07, 6.45) is 0. The van der Waals surface area contributed by atoms with E-state index in [4.69, 9.17) is 32.7 Å². The van der Waals surface area contributed by atoms with Crippen molar-refractivity contribution in [3.63, 3.8) is 0 Å². The highest BCUT2D eigenvalue weighted by Gasteiger charge is 2.15. The van der Waals surface area contributed by atoms with Crippen LogP contribution in [-0.4, -0.2) is 25.0 Å². The van der Waals surface area contributed by atoms with Gasteiger partial charge in [-0.05, 0) is 31.2 Å². The van der Waals surface area contributed by atoms with Gasteiger partial charge in [0.05, 0.1) is 22.2 Å². The van der Waals surface area contributed by atoms with Gasteiger partial charge in [-0.1, -0.05) is 41.4 Å². The number of rotatable bonds is 6. The van der Waals surface area contributed by atoms with E-state index in [0.29, 0.717) is 18.1 Å². The first-order valence-electron chi connectivity index (χ1n) is 7.40. The Kier molecular flexibility index (Phi) is 6.91. The van der Waals surface area contributed by atoms with Crippen LogP contribution in [0.4, 0.5) is 0 Å². The summed E-state index contributed by atoms with van der Waals surface area (Å²) in [7, 11) is 0. The van der Waals surface area contributed by atoms with E-state index in [0.717, 1.165) is 0 Å². The molecule has 0 unspecified atom stereocenters. The van der Waals surface area contributed by atoms with E-state index in [1.165, 1.54) is 12.1 Å². The van der Waals surface area contributed by atoms with E-state index in [-0.39, 0.29) is 22.2 Å². The van der Waals surface area contributed by atoms with Crippen LogP contribution in [0.2, 0.25) is 10.0 Å². The second-order valence-electron chi connectivity index (χ2n) is 4.77. The fourth-order valence-corrected chi connectivity index (χ4v) is 2.50. The third-order valence-electron chi connectivity index (χ3n) is 3.01. The summed E-state index contributed by atoms with van der Waals surface area (Å²) in [6.45, 7) is 2.01. The van der Waals surface area contributed by atoms with Crippen LogP contribution in [0.1, 0.15) is 17.3 Å². The topological polar surface area (TPSA) is 76.7 Å². The zero-order valence-corrected chi connectivity index (χ0v) is 14.9. The first-order valence-corrected chi connectivity index (χ1v) is 8.16. The normalized spacial score (nSPS) is 10.0. The maximum atomic E-state index is 12.0. The van der Waals surface area contributed by atoms with Crippen molar-refractivity contribution in [3.8, 4) is 11.5 Å². The second kappa shape index (κ2) is 9.15. The number of carbonyl (C=O) groups is 2. The molecule has 2 aromatic carbocycles. The van der Waals surface area contributed by atoms with Crippen LogP contribution in [0.25, 0.3) is 0 Å². The number of hydrazine groups is 1. The standard InChI is InChI=1S/C17H16Cl2N2O4/c1-2-24-13-8-3-4-9-14(13)25-10-15(22)20-21-17(23)16-11(18)6-5-7-12(16)19/h3-9H,2,10H2,1H3,(H,20,22)(H,21,23). The summed E-state index contributed by atoms with van der Waals surface area (Å²) in [5.74, 6) is -0.217. The number of nitrogens with one attached hydrogen (secondary N) is 2. The SMILES string of the molecule is CCOc1ccccc1OCC(=O)NNC(=O)c1c(Cl)cccc1Cl. The summed E-state index contributed by atoms with van der Waals surface area (Å²) in [6, 6.07) is 11.6. The van der Waals surface area contributed by atoms with E-state index in [9.17, 15) is 9.59 Å². The monoisotopic (exact) mass is 382 g/mol. The Hall–Kier alpha value is -2.44. The van der Waals surface area contributed by atoms with Gasteiger partial charge in [-0.2, -0.15) is 0 Å². The first-order chi connectivity index (χ1) is 12.0. The largest absolute Gasteiger partial charge is 0.490 e. The second-order valence-corrected chi connectivity index (χ2v) is 5.58. The van der Waals surface area contributed by atoms with Gasteiger partial charge in [-0.15, -0.1) is 0 Å². The third-order valence-corrected chi connectivity index (χ3v) is 3.64. The summed E-state index contributed by atoms with van der Waals surface area (Å²) in [5.41, 5.74) is 4.55. The number of hydrogen-bond donors (Lipinski definition) is 2. The maximum absolute atomic E-state index is 12.0. The molecule has 2 aromatic rings. The lowest BCUT2D eigenvalue weighted by Gasteiger charge is -2.12. The molecule has 0 saturated heterocycles. The van der Waals surface area contributed by atoms with E-state index in [1.54, 1.807) is 30.3 Å². The molecule has 25 heavy (non-hydrogen) atoms. The Bertz CT molecular complexity index is 748. The van der Waals surface area contributed by atoms with Crippen molar-refractivity contribution in [2.24, 2.45) is 0 Å². The van der Waals surface area contributed by atoms with Gasteiger partial charge in [0.2, 0.25) is 0 Å². The molecule has 0 aliphatic rings. The van der Waals surface area contributed by atoms with Gasteiger partial charge in [-0.25, -0.2) is 0 Å². The molecular weight excluding hydrogens is 367 g/mol. The molecule has 2 rings (SSSR count). The van der Waals surface area contributed by atoms with Gasteiger partial charge >= 0.3 is 0 Å². The predicted molar refractivity (Wildman–Crippen MR) is 95.2 cm³/mol. The Labute approximate surface area is 155 Å². The average molecular weight is 383 g/mol. The molecular formula is C17H16Cl2N2O4. The summed E-state index contributed by atoms with van der Waals surface area (Å²) >= 11 is 11.9. The van der Waals surface area contributed by atoms with Crippen molar-refractivity contribution in [3.05, 3.63) is 58.1 Å². The Morgan fingerprint density at radius 1 is 0.920 bits per heavy atom. The lowest BCUT2D eigenvalue weighted by molar-refractivity contribution is -0.123. The molecule has 0 spiro atoms. The Balaban J connectivity index is 1.88. The van der Waals surface area contributed by atoms with Crippen molar-refractivity contribution in [2.45, 2.75) is 6.92 Å². The summed E-state index contributed by atoms with van der Waals surface area (Å²) in [5, 5.41) is 0.363. The highest BCUT2D eigenvalue weighted by Crippen LogP contribution is 2.26. The molecule has 0 heterocycles. The number of halogens is 2. The van der Waals surface area contributed by atoms with Crippen LogP contribution < -0.4 is 20.3 Å². The molecule has 8 heteroatoms. The minimum Gasteiger partial charge on any atom is -0.490 e. The number of para-hydroxylation sites is 2. The molecule has 0 bridgehead atoms. The van der Waals surface area contributed by atoms with Crippen molar-refractivity contribution >= 4 is 35.0 Å². The number of ether oxygens (including phenoxy) is 2. The molecule has 6 nitrogen and oxygen atoms in total. The quantitative estimate of drug-likeness (QED) is 0.751. The Morgan fingerprint density at radius 2 is 1.52 bits per heavy atom. The van der Waals surface area contributed by atoms with Gasteiger partial charge in [0.1, 0.15) is 0 Å². The van der Waals surface area contributed by atoms with Crippen molar-refractivity contribution < 1.29 is 19.1 Å². The molecule has 0 aliphatic heterocycles. The van der Waals surface area contributed by atoms with Crippen LogP contribution in [0.3, 0.4) is 0 Å². The van der Waals surface area contributed by atoms with E-state index >= 15 is 0 Å². The minimum absolute atomic E-state index is 0.0775. The first kappa shape index (κ1) is 18.9. The number of hydrogen-bond acceptors (Lipinski definition) is 4. The van der Waals surface area contributed by atoms with E-state index in [2.05, 4.69) is 10.9 Å². The average Bonchev–Trinajstić information content (AvgIpc) is 2.59. The molecule has 2 amide bonds. The lowest BCUT2D eigenvalue weighted by atomic mass is 10.2. The Morgan fingerprint density at radius 3 is 2.12 bits per heavy atom. The maximum Gasteiger partial charge on any atom is 0.276 e. The molecule has 0 atom stereocenters. The molecule has 0 radical (unpaired) electrons. The number of amides is 2. The molecule has 0 aliphatic carbocycles. The highest BCUT2D eigenvalue weighted by molar-refractivity contribution is 6.39. The molecule has 0 saturated carbocycles. The lowest BCUT2D eigenvalue weighted by Crippen LogP contribution is -2.44. The number of carbonyl (C=O) groups excluding carboxylic acids is 2. The van der Waals surface area contributed by atoms with Crippen LogP contribution in [-0.2, 0) is 4.79 Å². The van der Waals surface area contributed by atoms with Crippen molar-refractivity contribution in [1.82, 2.24) is 10.9 Å². The van der Waals surface area contributed by atoms with Crippen molar-refractivity contribution in [2.75, 3.05) is 13.2 Å². The van der Waals surface area contributed by atoms with Gasteiger partial charge in [0, 0.05) is 0 Å². The van der Waals surface area contributed by atoms with Crippen molar-refractivity contribution in [1.29, 1.82) is 0 Å². The smallest absolute Gasteiger partial charge is 0.276 e. The fraction of sp³-hybridized carbons (Fsp3) is 0.176. The zero-order valence-electron chi connectivity index (χ0n) is 13.3. The van der Waals surface area contributed by atoms with Crippen LogP contribution in [0.5, 0.6) is 11.5 Å². The van der Waals surface area contributed by atoms with Crippen LogP contribution >= 0.6 is 23.2 Å². The predicted octanol–water partition coefficient (Wildman–Crippen LogP) is 3.23. The zero-order chi connectivity index (χ0) is 18.2. The molecule has 2 N–H and O–H groups in total. The van der Waals surface area contributed by atoms with Gasteiger partial charge in [-0.3, -0.25) is 20.4 Å². The molecule has 0 aromatic heterocycles. The fourth-order valence-electron chi connectivity index (χ4n) is 1.93. The van der Waals surface area contributed by atoms with Gasteiger partial charge in [0.25, 0.3) is 11.8 Å². The van der Waals surface area contributed by atoms with E-state index < -0.39 is 11.8 Å². The third kappa shape index (κ3) is 5.27. The van der Waals surface area contributed by atoms with Gasteiger partial charge < -0.3 is 9.47 Å². The van der Waals surface area contributed by atoms with E-state index in [1.807, 2.05) is 6.92 Å². The summed E-state index contributed by atoms with van der Waals surface area (Å²) < 4.78 is 10.8. The molecule has 0 fully saturated rings. The minimum atomic E-state index is -0.626.